The molecule has 3 N–H and O–H groups in total. The molecule has 0 aromatic carbocycles. The Morgan fingerprint density at radius 3 is 3.10 bits per heavy atom. The highest BCUT2D eigenvalue weighted by Crippen LogP contribution is 2.29. The number of hydrogen-bond donors (Lipinski definition) is 3. The van der Waals surface area contributed by atoms with Crippen LogP contribution in [-0.2, 0) is 0 Å². The van der Waals surface area contributed by atoms with Crippen molar-refractivity contribution in [2.75, 3.05) is 29.9 Å². The van der Waals surface area contributed by atoms with E-state index >= 15 is 0 Å². The fourth-order valence-corrected chi connectivity index (χ4v) is 2.67. The first kappa shape index (κ1) is 13.1. The van der Waals surface area contributed by atoms with Crippen molar-refractivity contribution in [3.63, 3.8) is 0 Å². The van der Waals surface area contributed by atoms with E-state index in [0.717, 1.165) is 42.9 Å². The van der Waals surface area contributed by atoms with Crippen LogP contribution in [0.15, 0.2) is 6.20 Å². The second-order valence-electron chi connectivity index (χ2n) is 5.27. The number of anilines is 2. The number of aliphatic hydroxyl groups excluding tert-OH is 1. The molecule has 0 radical (unpaired) electrons. The quantitative estimate of drug-likeness (QED) is 0.771. The second-order valence-corrected chi connectivity index (χ2v) is 5.27. The lowest BCUT2D eigenvalue weighted by Gasteiger charge is -2.19. The summed E-state index contributed by atoms with van der Waals surface area (Å²) in [6.45, 7) is 6.36. The van der Waals surface area contributed by atoms with Crippen molar-refractivity contribution >= 4 is 22.8 Å². The van der Waals surface area contributed by atoms with E-state index in [0.29, 0.717) is 11.9 Å². The Labute approximate surface area is 117 Å². The number of fused-ring (bicyclic) bond motifs is 1. The van der Waals surface area contributed by atoms with Crippen LogP contribution in [0.1, 0.15) is 20.3 Å². The molecule has 0 aliphatic carbocycles. The first-order valence-electron chi connectivity index (χ1n) is 7.07. The van der Waals surface area contributed by atoms with Gasteiger partial charge in [-0.15, -0.1) is 0 Å². The zero-order valence-corrected chi connectivity index (χ0v) is 11.8. The molecule has 2 unspecified atom stereocenters. The Kier molecular flexibility index (Phi) is 3.43. The molecular formula is C13H20N6O. The fraction of sp³-hybridized carbons (Fsp3) is 0.615. The summed E-state index contributed by atoms with van der Waals surface area (Å²) in [5, 5.41) is 20.8. The molecule has 1 saturated heterocycles. The standard InChI is InChI=1S/C13H20N6O/c1-3-14-13-16-11-10(6-15-18-11)12(17-13)19-5-4-9(7-19)8(2)20/h6,8-9,20H,3-5,7H2,1-2H3,(H2,14,15,16,17,18). The summed E-state index contributed by atoms with van der Waals surface area (Å²) < 4.78 is 0. The van der Waals surface area contributed by atoms with Crippen LogP contribution in [0.25, 0.3) is 11.0 Å². The number of nitrogens with zero attached hydrogens (tertiary/aromatic N) is 4. The summed E-state index contributed by atoms with van der Waals surface area (Å²) in [5.41, 5.74) is 0.742. The monoisotopic (exact) mass is 276 g/mol. The van der Waals surface area contributed by atoms with E-state index in [-0.39, 0.29) is 6.10 Å². The largest absolute Gasteiger partial charge is 0.393 e. The highest BCUT2D eigenvalue weighted by Gasteiger charge is 2.28. The van der Waals surface area contributed by atoms with Crippen LogP contribution in [0.4, 0.5) is 11.8 Å². The molecule has 7 nitrogen and oxygen atoms in total. The maximum atomic E-state index is 9.74. The van der Waals surface area contributed by atoms with E-state index in [1.807, 2.05) is 13.8 Å². The van der Waals surface area contributed by atoms with Crippen molar-refractivity contribution < 1.29 is 5.11 Å². The average molecular weight is 276 g/mol. The highest BCUT2D eigenvalue weighted by molar-refractivity contribution is 5.87. The predicted octanol–water partition coefficient (Wildman–Crippen LogP) is 0.992. The lowest BCUT2D eigenvalue weighted by molar-refractivity contribution is 0.136. The smallest absolute Gasteiger partial charge is 0.226 e. The summed E-state index contributed by atoms with van der Waals surface area (Å²) in [4.78, 5) is 11.2. The second kappa shape index (κ2) is 5.24. The van der Waals surface area contributed by atoms with Crippen LogP contribution in [0.5, 0.6) is 0 Å². The zero-order valence-electron chi connectivity index (χ0n) is 11.8. The Balaban J connectivity index is 1.95. The number of aliphatic hydroxyl groups is 1. The van der Waals surface area contributed by atoms with Gasteiger partial charge in [0.15, 0.2) is 5.65 Å². The number of aromatic amines is 1. The van der Waals surface area contributed by atoms with E-state index in [9.17, 15) is 5.11 Å². The van der Waals surface area contributed by atoms with Gasteiger partial charge in [-0.25, -0.2) is 0 Å². The van der Waals surface area contributed by atoms with Crippen molar-refractivity contribution in [2.45, 2.75) is 26.4 Å². The highest BCUT2D eigenvalue weighted by atomic mass is 16.3. The third-order valence-electron chi connectivity index (χ3n) is 3.83. The van der Waals surface area contributed by atoms with Gasteiger partial charge in [0, 0.05) is 25.6 Å². The van der Waals surface area contributed by atoms with Crippen molar-refractivity contribution in [1.29, 1.82) is 0 Å². The number of aromatic nitrogens is 4. The van der Waals surface area contributed by atoms with Gasteiger partial charge in [0.05, 0.1) is 17.7 Å². The number of H-pyrrole nitrogens is 1. The van der Waals surface area contributed by atoms with Crippen LogP contribution in [0.2, 0.25) is 0 Å². The van der Waals surface area contributed by atoms with Gasteiger partial charge in [-0.1, -0.05) is 0 Å². The third kappa shape index (κ3) is 2.29. The molecule has 0 saturated carbocycles. The Morgan fingerprint density at radius 1 is 1.55 bits per heavy atom. The van der Waals surface area contributed by atoms with Crippen molar-refractivity contribution in [3.05, 3.63) is 6.20 Å². The summed E-state index contributed by atoms with van der Waals surface area (Å²) >= 11 is 0. The molecule has 0 bridgehead atoms. The Morgan fingerprint density at radius 2 is 2.40 bits per heavy atom. The van der Waals surface area contributed by atoms with Crippen LogP contribution in [0.3, 0.4) is 0 Å². The van der Waals surface area contributed by atoms with Crippen molar-refractivity contribution in [1.82, 2.24) is 20.2 Å². The van der Waals surface area contributed by atoms with Gasteiger partial charge in [0.25, 0.3) is 0 Å². The van der Waals surface area contributed by atoms with Crippen LogP contribution in [-0.4, -0.2) is 51.0 Å². The maximum absolute atomic E-state index is 9.74. The number of hydrogen-bond acceptors (Lipinski definition) is 6. The summed E-state index contributed by atoms with van der Waals surface area (Å²) in [7, 11) is 0. The molecular weight excluding hydrogens is 256 g/mol. The van der Waals surface area contributed by atoms with E-state index < -0.39 is 0 Å². The van der Waals surface area contributed by atoms with Crippen LogP contribution in [0, 0.1) is 5.92 Å². The number of rotatable bonds is 4. The van der Waals surface area contributed by atoms with Gasteiger partial charge in [-0.2, -0.15) is 15.1 Å². The van der Waals surface area contributed by atoms with E-state index in [1.54, 1.807) is 6.20 Å². The molecule has 2 aromatic rings. The molecule has 2 atom stereocenters. The molecule has 1 aliphatic rings. The summed E-state index contributed by atoms with van der Waals surface area (Å²) in [6.07, 6.45) is 2.46. The third-order valence-corrected chi connectivity index (χ3v) is 3.83. The van der Waals surface area contributed by atoms with Crippen LogP contribution >= 0.6 is 0 Å². The fourth-order valence-electron chi connectivity index (χ4n) is 2.67. The topological polar surface area (TPSA) is 90.0 Å². The minimum Gasteiger partial charge on any atom is -0.393 e. The van der Waals surface area contributed by atoms with E-state index in [4.69, 9.17) is 0 Å². The molecule has 108 valence electrons. The molecule has 1 aliphatic heterocycles. The van der Waals surface area contributed by atoms with Crippen molar-refractivity contribution in [3.8, 4) is 0 Å². The first-order chi connectivity index (χ1) is 9.69. The van der Waals surface area contributed by atoms with Crippen molar-refractivity contribution in [2.24, 2.45) is 5.92 Å². The number of nitrogens with one attached hydrogen (secondary N) is 2. The lowest BCUT2D eigenvalue weighted by Crippen LogP contribution is -2.25. The van der Waals surface area contributed by atoms with Gasteiger partial charge in [0.2, 0.25) is 5.95 Å². The SMILES string of the molecule is CCNc1nc(N2CCC(C(C)O)C2)c2cn[nH]c2n1. The maximum Gasteiger partial charge on any atom is 0.226 e. The van der Waals surface area contributed by atoms with Crippen LogP contribution < -0.4 is 10.2 Å². The van der Waals surface area contributed by atoms with Gasteiger partial charge < -0.3 is 15.3 Å². The normalized spacial score (nSPS) is 20.6. The van der Waals surface area contributed by atoms with E-state index in [1.165, 1.54) is 0 Å². The summed E-state index contributed by atoms with van der Waals surface area (Å²) in [6, 6.07) is 0. The van der Waals surface area contributed by atoms with Gasteiger partial charge in [-0.05, 0) is 20.3 Å². The predicted molar refractivity (Wildman–Crippen MR) is 77.8 cm³/mol. The van der Waals surface area contributed by atoms with Gasteiger partial charge in [0.1, 0.15) is 5.82 Å². The minimum absolute atomic E-state index is 0.282. The molecule has 0 spiro atoms. The molecule has 7 heteroatoms. The lowest BCUT2D eigenvalue weighted by atomic mass is 10.0. The molecule has 0 amide bonds. The summed E-state index contributed by atoms with van der Waals surface area (Å²) in [5.74, 6) is 1.80. The first-order valence-corrected chi connectivity index (χ1v) is 7.07. The molecule has 3 heterocycles. The Hall–Kier alpha value is -1.89. The minimum atomic E-state index is -0.282. The molecule has 2 aromatic heterocycles. The zero-order chi connectivity index (χ0) is 14.1. The average Bonchev–Trinajstić information content (AvgIpc) is 3.07. The molecule has 3 rings (SSSR count). The van der Waals surface area contributed by atoms with Gasteiger partial charge >= 0.3 is 0 Å². The van der Waals surface area contributed by atoms with Gasteiger partial charge in [-0.3, -0.25) is 5.10 Å². The van der Waals surface area contributed by atoms with E-state index in [2.05, 4.69) is 30.4 Å². The molecule has 20 heavy (non-hydrogen) atoms. The Bertz CT molecular complexity index is 596. The molecule has 1 fully saturated rings.